The van der Waals surface area contributed by atoms with Crippen molar-refractivity contribution < 1.29 is 9.90 Å². The number of hydrogen-bond acceptors (Lipinski definition) is 3. The number of nitrogens with one attached hydrogen (secondary N) is 1. The molecule has 0 amide bonds. The summed E-state index contributed by atoms with van der Waals surface area (Å²) in [6.45, 7) is 1.42. The van der Waals surface area contributed by atoms with Crippen molar-refractivity contribution in [1.82, 2.24) is 9.55 Å². The Kier molecular flexibility index (Phi) is 2.81. The lowest BCUT2D eigenvalue weighted by Gasteiger charge is -2.11. The normalized spacial score (nSPS) is 12.5. The highest BCUT2D eigenvalue weighted by Crippen LogP contribution is 2.09. The first-order valence-corrected chi connectivity index (χ1v) is 5.39. The maximum Gasteiger partial charge on any atom is 0.326 e. The molecule has 1 aromatic heterocycles. The van der Waals surface area contributed by atoms with Gasteiger partial charge < -0.3 is 10.1 Å². The monoisotopic (exact) mass is 250 g/mol. The largest absolute Gasteiger partial charge is 0.480 e. The fourth-order valence-electron chi connectivity index (χ4n) is 1.64. The van der Waals surface area contributed by atoms with Crippen LogP contribution < -0.4 is 5.56 Å². The second-order valence-electron chi connectivity index (χ2n) is 3.67. The molecule has 2 N–H and O–H groups in total. The van der Waals surface area contributed by atoms with Crippen LogP contribution in [0, 0.1) is 4.77 Å². The Morgan fingerprint density at radius 1 is 1.47 bits per heavy atom. The summed E-state index contributed by atoms with van der Waals surface area (Å²) < 4.78 is 1.18. The lowest BCUT2D eigenvalue weighted by atomic mass is 10.2. The van der Waals surface area contributed by atoms with Crippen LogP contribution in [0.25, 0.3) is 10.9 Å². The first-order valence-electron chi connectivity index (χ1n) is 4.98. The SMILES string of the molecule is CC(C(=O)O)n1c(=S)[nH]c2ccccc2c1=O. The van der Waals surface area contributed by atoms with Gasteiger partial charge in [0.15, 0.2) is 4.77 Å². The minimum atomic E-state index is -1.10. The molecular formula is C11H10N2O3S. The van der Waals surface area contributed by atoms with E-state index in [1.165, 1.54) is 6.92 Å². The van der Waals surface area contributed by atoms with Crippen molar-refractivity contribution in [3.63, 3.8) is 0 Å². The molecule has 0 fully saturated rings. The molecule has 0 aliphatic heterocycles. The standard InChI is InChI=1S/C11H10N2O3S/c1-6(10(15)16)13-9(14)7-4-2-3-5-8(7)12-11(13)17/h2-6H,1H3,(H,12,17)(H,15,16). The van der Waals surface area contributed by atoms with Gasteiger partial charge >= 0.3 is 5.97 Å². The van der Waals surface area contributed by atoms with Gasteiger partial charge in [-0.25, -0.2) is 4.79 Å². The van der Waals surface area contributed by atoms with Gasteiger partial charge in [-0.2, -0.15) is 0 Å². The molecule has 2 rings (SSSR count). The number of aromatic amines is 1. The lowest BCUT2D eigenvalue weighted by Crippen LogP contribution is -2.29. The van der Waals surface area contributed by atoms with E-state index >= 15 is 0 Å². The maximum absolute atomic E-state index is 12.1. The molecule has 1 aromatic carbocycles. The van der Waals surface area contributed by atoms with Crippen LogP contribution in [0.3, 0.4) is 0 Å². The van der Waals surface area contributed by atoms with Crippen molar-refractivity contribution in [2.24, 2.45) is 0 Å². The van der Waals surface area contributed by atoms with Crippen LogP contribution in [0.15, 0.2) is 29.1 Å². The molecule has 0 radical (unpaired) electrons. The number of carbonyl (C=O) groups is 1. The predicted molar refractivity (Wildman–Crippen MR) is 65.7 cm³/mol. The second-order valence-corrected chi connectivity index (χ2v) is 4.05. The highest BCUT2D eigenvalue weighted by molar-refractivity contribution is 7.71. The number of nitrogens with zero attached hydrogens (tertiary/aromatic N) is 1. The summed E-state index contributed by atoms with van der Waals surface area (Å²) >= 11 is 5.01. The lowest BCUT2D eigenvalue weighted by molar-refractivity contribution is -0.140. The summed E-state index contributed by atoms with van der Waals surface area (Å²) in [5.74, 6) is -1.10. The number of carboxylic acid groups (broad SMARTS) is 1. The van der Waals surface area contributed by atoms with Crippen LogP contribution in [0.4, 0.5) is 0 Å². The van der Waals surface area contributed by atoms with Crippen molar-refractivity contribution in [2.75, 3.05) is 0 Å². The first kappa shape index (κ1) is 11.5. The number of aromatic nitrogens is 2. The number of para-hydroxylation sites is 1. The van der Waals surface area contributed by atoms with E-state index in [0.717, 1.165) is 4.57 Å². The van der Waals surface area contributed by atoms with Gasteiger partial charge in [0, 0.05) is 0 Å². The van der Waals surface area contributed by atoms with Gasteiger partial charge in [0.1, 0.15) is 6.04 Å². The summed E-state index contributed by atoms with van der Waals surface area (Å²) in [5.41, 5.74) is 0.218. The van der Waals surface area contributed by atoms with E-state index in [1.54, 1.807) is 24.3 Å². The minimum absolute atomic E-state index is 0.114. The molecule has 2 aromatic rings. The zero-order chi connectivity index (χ0) is 12.6. The number of hydrogen-bond donors (Lipinski definition) is 2. The van der Waals surface area contributed by atoms with Gasteiger partial charge in [-0.15, -0.1) is 0 Å². The molecule has 0 saturated heterocycles. The summed E-state index contributed by atoms with van der Waals surface area (Å²) in [5, 5.41) is 9.36. The molecule has 0 aliphatic rings. The highest BCUT2D eigenvalue weighted by Gasteiger charge is 2.17. The molecule has 0 aliphatic carbocycles. The zero-order valence-electron chi connectivity index (χ0n) is 9.01. The molecule has 6 heteroatoms. The van der Waals surface area contributed by atoms with Gasteiger partial charge in [-0.1, -0.05) is 12.1 Å². The Bertz CT molecular complexity index is 702. The second kappa shape index (κ2) is 4.14. The molecule has 1 unspecified atom stereocenters. The fourth-order valence-corrected chi connectivity index (χ4v) is 1.99. The Morgan fingerprint density at radius 2 is 2.12 bits per heavy atom. The summed E-state index contributed by atoms with van der Waals surface area (Å²) in [6.07, 6.45) is 0. The van der Waals surface area contributed by atoms with E-state index in [0.29, 0.717) is 10.9 Å². The molecule has 1 atom stereocenters. The molecule has 0 bridgehead atoms. The molecule has 1 heterocycles. The zero-order valence-corrected chi connectivity index (χ0v) is 9.82. The Hall–Kier alpha value is -1.95. The highest BCUT2D eigenvalue weighted by atomic mass is 32.1. The van der Waals surface area contributed by atoms with Gasteiger partial charge in [-0.3, -0.25) is 9.36 Å². The van der Waals surface area contributed by atoms with Crippen LogP contribution >= 0.6 is 12.2 Å². The quantitative estimate of drug-likeness (QED) is 0.795. The number of aliphatic carboxylic acids is 1. The van der Waals surface area contributed by atoms with Crippen LogP contribution in [-0.4, -0.2) is 20.6 Å². The number of fused-ring (bicyclic) bond motifs is 1. The van der Waals surface area contributed by atoms with E-state index in [-0.39, 0.29) is 10.3 Å². The van der Waals surface area contributed by atoms with E-state index in [2.05, 4.69) is 4.98 Å². The van der Waals surface area contributed by atoms with E-state index in [4.69, 9.17) is 17.3 Å². The van der Waals surface area contributed by atoms with E-state index in [1.807, 2.05) is 0 Å². The van der Waals surface area contributed by atoms with Crippen LogP contribution in [0.1, 0.15) is 13.0 Å². The molecular weight excluding hydrogens is 240 g/mol. The van der Waals surface area contributed by atoms with E-state index < -0.39 is 12.0 Å². The van der Waals surface area contributed by atoms with Gasteiger partial charge in [0.2, 0.25) is 0 Å². The summed E-state index contributed by atoms with van der Waals surface area (Å²) in [4.78, 5) is 25.9. The third kappa shape index (κ3) is 1.87. The van der Waals surface area contributed by atoms with Crippen molar-refractivity contribution in [1.29, 1.82) is 0 Å². The fraction of sp³-hybridized carbons (Fsp3) is 0.182. The van der Waals surface area contributed by atoms with Crippen LogP contribution in [-0.2, 0) is 4.79 Å². The molecule has 88 valence electrons. The smallest absolute Gasteiger partial charge is 0.326 e. The topological polar surface area (TPSA) is 75.1 Å². The summed E-state index contributed by atoms with van der Waals surface area (Å²) in [7, 11) is 0. The van der Waals surface area contributed by atoms with Gasteiger partial charge in [0.05, 0.1) is 10.9 Å². The molecule has 0 saturated carbocycles. The van der Waals surface area contributed by atoms with Crippen LogP contribution in [0.2, 0.25) is 0 Å². The van der Waals surface area contributed by atoms with Crippen LogP contribution in [0.5, 0.6) is 0 Å². The number of benzene rings is 1. The van der Waals surface area contributed by atoms with Gasteiger partial charge in [-0.05, 0) is 31.3 Å². The van der Waals surface area contributed by atoms with Crippen molar-refractivity contribution in [2.45, 2.75) is 13.0 Å². The average Bonchev–Trinajstić information content (AvgIpc) is 2.28. The first-order chi connectivity index (χ1) is 8.02. The molecule has 0 spiro atoms. The van der Waals surface area contributed by atoms with E-state index in [9.17, 15) is 9.59 Å². The Labute approximate surface area is 101 Å². The summed E-state index contributed by atoms with van der Waals surface area (Å²) in [6, 6.07) is 5.86. The van der Waals surface area contributed by atoms with Crippen molar-refractivity contribution in [3.05, 3.63) is 39.4 Å². The molecule has 5 nitrogen and oxygen atoms in total. The number of carboxylic acids is 1. The third-order valence-corrected chi connectivity index (χ3v) is 2.88. The molecule has 17 heavy (non-hydrogen) atoms. The third-order valence-electron chi connectivity index (χ3n) is 2.58. The Morgan fingerprint density at radius 3 is 2.76 bits per heavy atom. The average molecular weight is 250 g/mol. The minimum Gasteiger partial charge on any atom is -0.480 e. The number of H-pyrrole nitrogens is 1. The van der Waals surface area contributed by atoms with Crippen molar-refractivity contribution >= 4 is 29.1 Å². The Balaban J connectivity index is 2.86. The maximum atomic E-state index is 12.1. The van der Waals surface area contributed by atoms with Gasteiger partial charge in [0.25, 0.3) is 5.56 Å². The van der Waals surface area contributed by atoms with Crippen molar-refractivity contribution in [3.8, 4) is 0 Å². The predicted octanol–water partition coefficient (Wildman–Crippen LogP) is 1.70. The number of rotatable bonds is 2.